The Kier molecular flexibility index (Phi) is 7.31. The number of hydrogen-bond donors (Lipinski definition) is 1. The van der Waals surface area contributed by atoms with Crippen molar-refractivity contribution in [2.24, 2.45) is 0 Å². The zero-order valence-corrected chi connectivity index (χ0v) is 20.8. The van der Waals surface area contributed by atoms with Crippen molar-refractivity contribution in [2.75, 3.05) is 58.4 Å². The van der Waals surface area contributed by atoms with Crippen molar-refractivity contribution < 1.29 is 24.2 Å². The Morgan fingerprint density at radius 1 is 1.17 bits per heavy atom. The number of ether oxygens (including phenoxy) is 2. The molecule has 0 aliphatic carbocycles. The van der Waals surface area contributed by atoms with Gasteiger partial charge in [-0.1, -0.05) is 32.0 Å². The van der Waals surface area contributed by atoms with Crippen molar-refractivity contribution >= 4 is 23.1 Å². The van der Waals surface area contributed by atoms with Crippen LogP contribution in [-0.4, -0.2) is 80.1 Å². The van der Waals surface area contributed by atoms with Crippen LogP contribution >= 0.6 is 0 Å². The van der Waals surface area contributed by atoms with E-state index < -0.39 is 17.7 Å². The number of likely N-dealkylation sites (tertiary alicyclic amines) is 1. The number of rotatable bonds is 8. The first-order chi connectivity index (χ1) is 16.9. The smallest absolute Gasteiger partial charge is 0.295 e. The number of para-hydroxylation sites is 1. The molecular formula is C27H33N3O5. The average molecular weight is 480 g/mol. The Labute approximate surface area is 206 Å². The standard InChI is InChI=1S/C27H33N3O5/c1-5-29(6-2)13-14-30-24(19-9-7-8-10-21(19)34-4)23(26(32)27(30)33)25(31)18-11-12-22-20(17-18)28(3)15-16-35-22/h7-12,17,24,31H,5-6,13-16H2,1-4H3/b25-23+. The lowest BCUT2D eigenvalue weighted by Crippen LogP contribution is -2.38. The van der Waals surface area contributed by atoms with Crippen LogP contribution in [0.1, 0.15) is 31.0 Å². The van der Waals surface area contributed by atoms with Crippen molar-refractivity contribution in [3.8, 4) is 11.5 Å². The molecule has 35 heavy (non-hydrogen) atoms. The van der Waals surface area contributed by atoms with Gasteiger partial charge >= 0.3 is 0 Å². The van der Waals surface area contributed by atoms with Gasteiger partial charge < -0.3 is 29.3 Å². The van der Waals surface area contributed by atoms with Crippen molar-refractivity contribution in [1.29, 1.82) is 0 Å². The quantitative estimate of drug-likeness (QED) is 0.353. The van der Waals surface area contributed by atoms with E-state index in [2.05, 4.69) is 18.7 Å². The van der Waals surface area contributed by atoms with Crippen LogP contribution in [-0.2, 0) is 9.59 Å². The number of ketones is 1. The van der Waals surface area contributed by atoms with Gasteiger partial charge in [0.05, 0.1) is 31.0 Å². The monoisotopic (exact) mass is 479 g/mol. The summed E-state index contributed by atoms with van der Waals surface area (Å²) in [4.78, 5) is 32.4. The molecule has 1 N–H and O–H groups in total. The highest BCUT2D eigenvalue weighted by Gasteiger charge is 2.47. The minimum atomic E-state index is -0.758. The molecule has 2 aromatic carbocycles. The third-order valence-electron chi connectivity index (χ3n) is 6.85. The lowest BCUT2D eigenvalue weighted by atomic mass is 9.94. The molecule has 8 heteroatoms. The SMILES string of the molecule is CCN(CC)CCN1C(=O)C(=O)/C(=C(/O)c2ccc3c(c2)N(C)CCO3)C1c1ccccc1OC. The number of carbonyl (C=O) groups is 2. The largest absolute Gasteiger partial charge is 0.507 e. The van der Waals surface area contributed by atoms with E-state index in [1.165, 1.54) is 0 Å². The summed E-state index contributed by atoms with van der Waals surface area (Å²) in [7, 11) is 3.51. The maximum Gasteiger partial charge on any atom is 0.295 e. The predicted octanol–water partition coefficient (Wildman–Crippen LogP) is 3.29. The molecule has 0 spiro atoms. The third kappa shape index (κ3) is 4.58. The molecule has 2 aliphatic heterocycles. The van der Waals surface area contributed by atoms with Gasteiger partial charge in [-0.2, -0.15) is 0 Å². The molecule has 2 heterocycles. The molecule has 1 unspecified atom stereocenters. The summed E-state index contributed by atoms with van der Waals surface area (Å²) in [5.41, 5.74) is 2.01. The third-order valence-corrected chi connectivity index (χ3v) is 6.85. The molecule has 2 aliphatic rings. The number of aliphatic hydroxyl groups excluding tert-OH is 1. The van der Waals surface area contributed by atoms with Crippen LogP contribution in [0.15, 0.2) is 48.0 Å². The Bertz CT molecular complexity index is 1140. The van der Waals surface area contributed by atoms with Crippen LogP contribution in [0.4, 0.5) is 5.69 Å². The van der Waals surface area contributed by atoms with Gasteiger partial charge in [0.25, 0.3) is 11.7 Å². The Balaban J connectivity index is 1.83. The number of Topliss-reactive ketones (excluding diaryl/α,β-unsaturated/α-hetero) is 1. The summed E-state index contributed by atoms with van der Waals surface area (Å²) in [5, 5.41) is 11.4. The van der Waals surface area contributed by atoms with Crippen LogP contribution in [0.25, 0.3) is 5.76 Å². The summed E-state index contributed by atoms with van der Waals surface area (Å²) in [6.07, 6.45) is 0. The first-order valence-corrected chi connectivity index (χ1v) is 12.0. The molecule has 0 aromatic heterocycles. The molecular weight excluding hydrogens is 446 g/mol. The van der Waals surface area contributed by atoms with Crippen molar-refractivity contribution in [3.05, 3.63) is 59.2 Å². The molecule has 8 nitrogen and oxygen atoms in total. The average Bonchev–Trinajstić information content (AvgIpc) is 3.13. The summed E-state index contributed by atoms with van der Waals surface area (Å²) < 4.78 is 11.3. The number of likely N-dealkylation sites (N-methyl/N-ethyl adjacent to an activating group) is 2. The second kappa shape index (κ2) is 10.4. The van der Waals surface area contributed by atoms with Gasteiger partial charge in [0.1, 0.15) is 23.9 Å². The van der Waals surface area contributed by atoms with Crippen LogP contribution in [0.2, 0.25) is 0 Å². The van der Waals surface area contributed by atoms with E-state index in [9.17, 15) is 14.7 Å². The Morgan fingerprint density at radius 2 is 1.91 bits per heavy atom. The number of aliphatic hydroxyl groups is 1. The van der Waals surface area contributed by atoms with Crippen LogP contribution < -0.4 is 14.4 Å². The Morgan fingerprint density at radius 3 is 2.63 bits per heavy atom. The van der Waals surface area contributed by atoms with Crippen LogP contribution in [0, 0.1) is 0 Å². The fourth-order valence-corrected chi connectivity index (χ4v) is 4.77. The van der Waals surface area contributed by atoms with Gasteiger partial charge in [-0.05, 0) is 37.4 Å². The number of nitrogens with zero attached hydrogens (tertiary/aromatic N) is 3. The highest BCUT2D eigenvalue weighted by Crippen LogP contribution is 2.43. The first-order valence-electron chi connectivity index (χ1n) is 12.0. The minimum absolute atomic E-state index is 0.0679. The summed E-state index contributed by atoms with van der Waals surface area (Å²) in [6.45, 7) is 8.07. The lowest BCUT2D eigenvalue weighted by molar-refractivity contribution is -0.140. The first kappa shape index (κ1) is 24.6. The molecule has 2 aromatic rings. The van der Waals surface area contributed by atoms with E-state index in [0.29, 0.717) is 43.1 Å². The Hall–Kier alpha value is -3.52. The second-order valence-electron chi connectivity index (χ2n) is 8.71. The number of amides is 1. The molecule has 4 rings (SSSR count). The zero-order chi connectivity index (χ0) is 25.1. The van der Waals surface area contributed by atoms with Gasteiger partial charge in [0.2, 0.25) is 0 Å². The molecule has 1 atom stereocenters. The summed E-state index contributed by atoms with van der Waals surface area (Å²) >= 11 is 0. The van der Waals surface area contributed by atoms with Crippen molar-refractivity contribution in [2.45, 2.75) is 19.9 Å². The van der Waals surface area contributed by atoms with Gasteiger partial charge in [-0.15, -0.1) is 0 Å². The number of anilines is 1. The van der Waals surface area contributed by atoms with Gasteiger partial charge in [-0.25, -0.2) is 0 Å². The van der Waals surface area contributed by atoms with E-state index in [4.69, 9.17) is 9.47 Å². The summed E-state index contributed by atoms with van der Waals surface area (Å²) in [6, 6.07) is 11.9. The molecule has 186 valence electrons. The van der Waals surface area contributed by atoms with E-state index in [1.807, 2.05) is 30.1 Å². The maximum atomic E-state index is 13.4. The van der Waals surface area contributed by atoms with E-state index in [0.717, 1.165) is 24.5 Å². The second-order valence-corrected chi connectivity index (χ2v) is 8.71. The van der Waals surface area contributed by atoms with Gasteiger partial charge in [0.15, 0.2) is 0 Å². The highest BCUT2D eigenvalue weighted by atomic mass is 16.5. The van der Waals surface area contributed by atoms with Gasteiger partial charge in [-0.3, -0.25) is 9.59 Å². The number of carbonyl (C=O) groups excluding carboxylic acids is 2. The molecule has 1 fully saturated rings. The minimum Gasteiger partial charge on any atom is -0.507 e. The maximum absolute atomic E-state index is 13.4. The van der Waals surface area contributed by atoms with E-state index >= 15 is 0 Å². The number of benzene rings is 2. The predicted molar refractivity (Wildman–Crippen MR) is 135 cm³/mol. The molecule has 1 saturated heterocycles. The summed E-state index contributed by atoms with van der Waals surface area (Å²) in [5.74, 6) is -0.243. The number of hydrogen-bond acceptors (Lipinski definition) is 7. The van der Waals surface area contributed by atoms with Gasteiger partial charge in [0, 0.05) is 31.3 Å². The van der Waals surface area contributed by atoms with Crippen LogP contribution in [0.5, 0.6) is 11.5 Å². The zero-order valence-electron chi connectivity index (χ0n) is 20.8. The van der Waals surface area contributed by atoms with Crippen molar-refractivity contribution in [1.82, 2.24) is 9.80 Å². The molecule has 0 saturated carbocycles. The molecule has 1 amide bonds. The lowest BCUT2D eigenvalue weighted by Gasteiger charge is -2.29. The number of fused-ring (bicyclic) bond motifs is 1. The van der Waals surface area contributed by atoms with E-state index in [-0.39, 0.29) is 11.3 Å². The molecule has 0 radical (unpaired) electrons. The molecule has 0 bridgehead atoms. The highest BCUT2D eigenvalue weighted by molar-refractivity contribution is 6.46. The van der Waals surface area contributed by atoms with Crippen molar-refractivity contribution in [3.63, 3.8) is 0 Å². The normalized spacial score (nSPS) is 19.2. The fourth-order valence-electron chi connectivity index (χ4n) is 4.77. The van der Waals surface area contributed by atoms with Crippen LogP contribution in [0.3, 0.4) is 0 Å². The fraction of sp³-hybridized carbons (Fsp3) is 0.407. The number of methoxy groups -OCH3 is 1. The van der Waals surface area contributed by atoms with E-state index in [1.54, 1.807) is 36.3 Å². The topological polar surface area (TPSA) is 82.6 Å².